The van der Waals surface area contributed by atoms with Crippen LogP contribution in [0.4, 0.5) is 14.5 Å². The molecule has 6 nitrogen and oxygen atoms in total. The number of carbonyl (C=O) groups excluding carboxylic acids is 2. The van der Waals surface area contributed by atoms with Gasteiger partial charge >= 0.3 is 0 Å². The fourth-order valence-electron chi connectivity index (χ4n) is 3.68. The van der Waals surface area contributed by atoms with Gasteiger partial charge in [0.1, 0.15) is 29.1 Å². The molecule has 164 valence electrons. The summed E-state index contributed by atoms with van der Waals surface area (Å²) in [6.07, 6.45) is -0.501. The Morgan fingerprint density at radius 1 is 1.03 bits per heavy atom. The average molecular weight is 437 g/mol. The molecule has 1 atom stereocenters. The van der Waals surface area contributed by atoms with Crippen LogP contribution in [-0.4, -0.2) is 30.9 Å². The molecule has 0 saturated heterocycles. The van der Waals surface area contributed by atoms with Gasteiger partial charge in [-0.1, -0.05) is 24.3 Å². The van der Waals surface area contributed by atoms with Crippen LogP contribution in [0.25, 0.3) is 0 Å². The number of nitrogens with one attached hydrogen (secondary N) is 2. The lowest BCUT2D eigenvalue weighted by Crippen LogP contribution is -2.40. The van der Waals surface area contributed by atoms with Crippen LogP contribution in [0.2, 0.25) is 0 Å². The molecule has 0 aliphatic carbocycles. The lowest BCUT2D eigenvalue weighted by Gasteiger charge is -2.36. The maximum Gasteiger partial charge on any atom is 0.261 e. The minimum atomic E-state index is -0.501. The number of carbonyl (C=O) groups is 2. The van der Waals surface area contributed by atoms with Crippen molar-refractivity contribution in [2.75, 3.05) is 19.5 Å². The fourth-order valence-corrected chi connectivity index (χ4v) is 3.68. The topological polar surface area (TPSA) is 70.7 Å². The van der Waals surface area contributed by atoms with Crippen LogP contribution in [0.1, 0.15) is 38.0 Å². The maximum atomic E-state index is 13.3. The highest BCUT2D eigenvalue weighted by atomic mass is 19.1. The van der Waals surface area contributed by atoms with Gasteiger partial charge in [0, 0.05) is 13.6 Å². The summed E-state index contributed by atoms with van der Waals surface area (Å²) in [5, 5.41) is 6.01. The van der Waals surface area contributed by atoms with Crippen LogP contribution in [0.5, 0.6) is 5.75 Å². The summed E-state index contributed by atoms with van der Waals surface area (Å²) in [7, 11) is 3.01. The SMILES string of the molecule is COc1c(C(=O)NCc2ccc(F)cc2)ccc2c1C(=O)N(C)C(c1ccc(F)cc1)N2. The first-order chi connectivity index (χ1) is 15.4. The number of hydrogen-bond donors (Lipinski definition) is 2. The van der Waals surface area contributed by atoms with Crippen molar-refractivity contribution in [1.82, 2.24) is 10.2 Å². The van der Waals surface area contributed by atoms with E-state index in [0.717, 1.165) is 5.56 Å². The number of fused-ring (bicyclic) bond motifs is 1. The van der Waals surface area contributed by atoms with Crippen molar-refractivity contribution in [2.24, 2.45) is 0 Å². The van der Waals surface area contributed by atoms with Crippen molar-refractivity contribution < 1.29 is 23.1 Å². The number of rotatable bonds is 5. The van der Waals surface area contributed by atoms with Crippen molar-refractivity contribution in [3.8, 4) is 5.75 Å². The zero-order valence-corrected chi connectivity index (χ0v) is 17.5. The lowest BCUT2D eigenvalue weighted by molar-refractivity contribution is 0.0731. The predicted octanol–water partition coefficient (Wildman–Crippen LogP) is 4.10. The molecule has 3 aromatic carbocycles. The Hall–Kier alpha value is -3.94. The van der Waals surface area contributed by atoms with E-state index >= 15 is 0 Å². The molecule has 1 aliphatic heterocycles. The molecule has 0 fully saturated rings. The second-order valence-corrected chi connectivity index (χ2v) is 7.39. The Bertz CT molecular complexity index is 1160. The first-order valence-electron chi connectivity index (χ1n) is 9.92. The number of halogens is 2. The van der Waals surface area contributed by atoms with Crippen molar-refractivity contribution in [3.63, 3.8) is 0 Å². The molecule has 2 N–H and O–H groups in total. The molecule has 2 amide bonds. The number of anilines is 1. The van der Waals surface area contributed by atoms with Crippen molar-refractivity contribution in [1.29, 1.82) is 0 Å². The molecule has 0 saturated carbocycles. The van der Waals surface area contributed by atoms with Gasteiger partial charge in [0.15, 0.2) is 0 Å². The summed E-state index contributed by atoms with van der Waals surface area (Å²) in [6.45, 7) is 0.193. The molecule has 0 aromatic heterocycles. The summed E-state index contributed by atoms with van der Waals surface area (Å²) < 4.78 is 31.8. The molecular formula is C24H21F2N3O3. The van der Waals surface area contributed by atoms with Crippen LogP contribution in [0.3, 0.4) is 0 Å². The molecule has 8 heteroatoms. The Morgan fingerprint density at radius 3 is 2.28 bits per heavy atom. The van der Waals surface area contributed by atoms with E-state index in [1.165, 1.54) is 36.3 Å². The molecular weight excluding hydrogens is 416 g/mol. The van der Waals surface area contributed by atoms with Gasteiger partial charge in [-0.15, -0.1) is 0 Å². The van der Waals surface area contributed by atoms with Crippen LogP contribution >= 0.6 is 0 Å². The van der Waals surface area contributed by atoms with Gasteiger partial charge in [-0.3, -0.25) is 9.59 Å². The summed E-state index contributed by atoms with van der Waals surface area (Å²) >= 11 is 0. The van der Waals surface area contributed by atoms with Crippen LogP contribution in [0, 0.1) is 11.6 Å². The molecule has 1 heterocycles. The summed E-state index contributed by atoms with van der Waals surface area (Å²) in [4.78, 5) is 27.5. The van der Waals surface area contributed by atoms with Crippen molar-refractivity contribution in [3.05, 3.63) is 94.6 Å². The fraction of sp³-hybridized carbons (Fsp3) is 0.167. The predicted molar refractivity (Wildman–Crippen MR) is 115 cm³/mol. The highest BCUT2D eigenvalue weighted by molar-refractivity contribution is 6.09. The van der Waals surface area contributed by atoms with Crippen molar-refractivity contribution >= 4 is 17.5 Å². The van der Waals surface area contributed by atoms with E-state index in [4.69, 9.17) is 4.74 Å². The minimum absolute atomic E-state index is 0.154. The highest BCUT2D eigenvalue weighted by Crippen LogP contribution is 2.39. The van der Waals surface area contributed by atoms with E-state index < -0.39 is 12.1 Å². The van der Waals surface area contributed by atoms with Crippen LogP contribution < -0.4 is 15.4 Å². The van der Waals surface area contributed by atoms with E-state index in [0.29, 0.717) is 11.3 Å². The summed E-state index contributed by atoms with van der Waals surface area (Å²) in [5.74, 6) is -1.33. The number of methoxy groups -OCH3 is 1. The molecule has 32 heavy (non-hydrogen) atoms. The minimum Gasteiger partial charge on any atom is -0.495 e. The molecule has 4 rings (SSSR count). The number of nitrogens with zero attached hydrogens (tertiary/aromatic N) is 1. The van der Waals surface area contributed by atoms with Crippen molar-refractivity contribution in [2.45, 2.75) is 12.7 Å². The van der Waals surface area contributed by atoms with Gasteiger partial charge < -0.3 is 20.3 Å². The Kier molecular flexibility index (Phi) is 5.77. The lowest BCUT2D eigenvalue weighted by atomic mass is 9.99. The average Bonchev–Trinajstić information content (AvgIpc) is 2.80. The summed E-state index contributed by atoms with van der Waals surface area (Å²) in [6, 6.07) is 14.9. The molecule has 1 aliphatic rings. The normalized spacial score (nSPS) is 15.1. The third-order valence-electron chi connectivity index (χ3n) is 5.37. The quantitative estimate of drug-likeness (QED) is 0.631. The standard InChI is InChI=1S/C24H21F2N3O3/c1-29-22(15-5-9-17(26)10-6-15)28-19-12-11-18(21(32-2)20(19)24(29)31)23(30)27-13-14-3-7-16(25)8-4-14/h3-12,22,28H,13H2,1-2H3,(H,27,30). The largest absolute Gasteiger partial charge is 0.495 e. The van der Waals surface area contributed by atoms with E-state index in [1.54, 1.807) is 43.4 Å². The highest BCUT2D eigenvalue weighted by Gasteiger charge is 2.34. The van der Waals surface area contributed by atoms with E-state index in [1.807, 2.05) is 0 Å². The van der Waals surface area contributed by atoms with Gasteiger partial charge in [-0.2, -0.15) is 0 Å². The smallest absolute Gasteiger partial charge is 0.261 e. The first kappa shape index (κ1) is 21.3. The Morgan fingerprint density at radius 2 is 1.66 bits per heavy atom. The Labute approximate surface area is 183 Å². The van der Waals surface area contributed by atoms with Crippen LogP contribution in [-0.2, 0) is 6.54 Å². The third kappa shape index (κ3) is 3.99. The molecule has 0 bridgehead atoms. The number of amides is 2. The van der Waals surface area contributed by atoms with Gasteiger partial charge in [0.05, 0.1) is 18.4 Å². The zero-order valence-electron chi connectivity index (χ0n) is 17.5. The number of hydrogen-bond acceptors (Lipinski definition) is 4. The molecule has 3 aromatic rings. The van der Waals surface area contributed by atoms with E-state index in [9.17, 15) is 18.4 Å². The molecule has 0 radical (unpaired) electrons. The monoisotopic (exact) mass is 437 g/mol. The van der Waals surface area contributed by atoms with Gasteiger partial charge in [-0.05, 0) is 47.5 Å². The third-order valence-corrected chi connectivity index (χ3v) is 5.37. The second-order valence-electron chi connectivity index (χ2n) is 7.39. The van der Waals surface area contributed by atoms with Gasteiger partial charge in [0.25, 0.3) is 11.8 Å². The number of ether oxygens (including phenoxy) is 1. The first-order valence-corrected chi connectivity index (χ1v) is 9.92. The maximum absolute atomic E-state index is 13.3. The second kappa shape index (κ2) is 8.66. The van der Waals surface area contributed by atoms with E-state index in [-0.39, 0.29) is 41.0 Å². The summed E-state index contributed by atoms with van der Waals surface area (Å²) in [5.41, 5.74) is 2.40. The van der Waals surface area contributed by atoms with Gasteiger partial charge in [0.2, 0.25) is 0 Å². The zero-order chi connectivity index (χ0) is 22.8. The van der Waals surface area contributed by atoms with E-state index in [2.05, 4.69) is 10.6 Å². The van der Waals surface area contributed by atoms with Crippen LogP contribution in [0.15, 0.2) is 60.7 Å². The van der Waals surface area contributed by atoms with Gasteiger partial charge in [-0.25, -0.2) is 8.78 Å². The molecule has 1 unspecified atom stereocenters. The number of benzene rings is 3. The molecule has 0 spiro atoms. The Balaban J connectivity index is 1.61.